The highest BCUT2D eigenvalue weighted by Gasteiger charge is 2.31. The van der Waals surface area contributed by atoms with Crippen molar-refractivity contribution in [3.05, 3.63) is 58.9 Å². The Morgan fingerprint density at radius 1 is 1.17 bits per heavy atom. The molecular formula is C23H24N2O3S. The predicted molar refractivity (Wildman–Crippen MR) is 116 cm³/mol. The predicted octanol–water partition coefficient (Wildman–Crippen LogP) is 5.09. The second kappa shape index (κ2) is 8.66. The summed E-state index contributed by atoms with van der Waals surface area (Å²) in [6.45, 7) is 5.06. The van der Waals surface area contributed by atoms with E-state index in [0.29, 0.717) is 13.2 Å². The van der Waals surface area contributed by atoms with Crippen LogP contribution in [0.5, 0.6) is 11.5 Å². The average molecular weight is 409 g/mol. The summed E-state index contributed by atoms with van der Waals surface area (Å²) in [4.78, 5) is 19.2. The van der Waals surface area contributed by atoms with Gasteiger partial charge in [-0.1, -0.05) is 18.2 Å². The summed E-state index contributed by atoms with van der Waals surface area (Å²) in [6, 6.07) is 15.7. The van der Waals surface area contributed by atoms with Crippen LogP contribution in [0.15, 0.2) is 53.9 Å². The fourth-order valence-corrected chi connectivity index (χ4v) is 3.99. The normalized spacial score (nSPS) is 15.7. The molecule has 3 aromatic rings. The highest BCUT2D eigenvalue weighted by atomic mass is 32.1. The van der Waals surface area contributed by atoms with Crippen molar-refractivity contribution in [2.45, 2.75) is 32.8 Å². The zero-order valence-electron chi connectivity index (χ0n) is 16.6. The summed E-state index contributed by atoms with van der Waals surface area (Å²) in [5, 5.41) is 3.06. The lowest BCUT2D eigenvalue weighted by Gasteiger charge is -2.33. The lowest BCUT2D eigenvalue weighted by molar-refractivity contribution is -0.125. The Labute approximate surface area is 174 Å². The van der Waals surface area contributed by atoms with Gasteiger partial charge in [-0.2, -0.15) is 0 Å². The van der Waals surface area contributed by atoms with Crippen molar-refractivity contribution in [2.24, 2.45) is 0 Å². The lowest BCUT2D eigenvalue weighted by atomic mass is 10.1. The van der Waals surface area contributed by atoms with E-state index in [-0.39, 0.29) is 5.91 Å². The van der Waals surface area contributed by atoms with Crippen LogP contribution < -0.4 is 14.4 Å². The van der Waals surface area contributed by atoms with Gasteiger partial charge in [-0.25, -0.2) is 4.98 Å². The number of anilines is 1. The quantitative estimate of drug-likeness (QED) is 0.511. The highest BCUT2D eigenvalue weighted by molar-refractivity contribution is 7.09. The van der Waals surface area contributed by atoms with E-state index in [1.165, 1.54) is 0 Å². The molecule has 1 aliphatic heterocycles. The summed E-state index contributed by atoms with van der Waals surface area (Å²) in [7, 11) is 0. The number of unbranched alkanes of at least 4 members (excludes halogenated alkanes) is 1. The summed E-state index contributed by atoms with van der Waals surface area (Å²) in [5.41, 5.74) is 2.74. The van der Waals surface area contributed by atoms with Gasteiger partial charge in [0.2, 0.25) is 0 Å². The third-order valence-corrected chi connectivity index (χ3v) is 5.64. The maximum atomic E-state index is 12.8. The first-order valence-electron chi connectivity index (χ1n) is 9.84. The first kappa shape index (κ1) is 19.5. The van der Waals surface area contributed by atoms with E-state index in [0.717, 1.165) is 46.3 Å². The molecule has 1 atom stereocenters. The molecule has 4 rings (SSSR count). The van der Waals surface area contributed by atoms with Crippen LogP contribution in [0.3, 0.4) is 0 Å². The maximum Gasteiger partial charge on any atom is 0.267 e. The van der Waals surface area contributed by atoms with Crippen molar-refractivity contribution < 1.29 is 14.3 Å². The molecule has 0 N–H and O–H groups in total. The van der Waals surface area contributed by atoms with Crippen LogP contribution in [0.25, 0.3) is 11.3 Å². The van der Waals surface area contributed by atoms with E-state index in [9.17, 15) is 4.79 Å². The standard InChI is InChI=1S/C23H24N2O3S/c1-16-23(26)25(12-6-7-13-27-19-8-4-3-5-9-19)21-14-18(10-11-22(21)28-16)20-15-29-17(2)24-20/h3-5,8-11,14-16H,6-7,12-13H2,1-2H3. The van der Waals surface area contributed by atoms with Gasteiger partial charge in [-0.3, -0.25) is 4.79 Å². The van der Waals surface area contributed by atoms with Crippen molar-refractivity contribution in [2.75, 3.05) is 18.1 Å². The summed E-state index contributed by atoms with van der Waals surface area (Å²) >= 11 is 1.62. The molecule has 0 saturated heterocycles. The van der Waals surface area contributed by atoms with Crippen LogP contribution in [0.2, 0.25) is 0 Å². The molecule has 2 heterocycles. The molecule has 2 aromatic carbocycles. The van der Waals surface area contributed by atoms with Gasteiger partial charge in [0.05, 0.1) is 23.0 Å². The number of hydrogen-bond acceptors (Lipinski definition) is 5. The number of amides is 1. The summed E-state index contributed by atoms with van der Waals surface area (Å²) in [6.07, 6.45) is 1.24. The molecular weight excluding hydrogens is 384 g/mol. The molecule has 29 heavy (non-hydrogen) atoms. The molecule has 0 fully saturated rings. The number of para-hydroxylation sites is 1. The maximum absolute atomic E-state index is 12.8. The monoisotopic (exact) mass is 408 g/mol. The Kier molecular flexibility index (Phi) is 5.81. The van der Waals surface area contributed by atoms with Crippen LogP contribution in [0, 0.1) is 6.92 Å². The molecule has 1 aromatic heterocycles. The molecule has 1 aliphatic rings. The van der Waals surface area contributed by atoms with Gasteiger partial charge in [0.1, 0.15) is 11.5 Å². The van der Waals surface area contributed by atoms with Crippen molar-refractivity contribution in [3.63, 3.8) is 0 Å². The van der Waals surface area contributed by atoms with Crippen LogP contribution in [0.1, 0.15) is 24.8 Å². The van der Waals surface area contributed by atoms with Crippen LogP contribution >= 0.6 is 11.3 Å². The van der Waals surface area contributed by atoms with Gasteiger partial charge in [-0.05, 0) is 57.0 Å². The number of ether oxygens (including phenoxy) is 2. The van der Waals surface area contributed by atoms with Crippen LogP contribution in [-0.2, 0) is 4.79 Å². The van der Waals surface area contributed by atoms with Crippen molar-refractivity contribution >= 4 is 22.9 Å². The number of carbonyl (C=O) groups is 1. The smallest absolute Gasteiger partial charge is 0.267 e. The van der Waals surface area contributed by atoms with E-state index in [1.807, 2.05) is 65.7 Å². The largest absolute Gasteiger partial charge is 0.494 e. The van der Waals surface area contributed by atoms with Gasteiger partial charge >= 0.3 is 0 Å². The number of rotatable bonds is 7. The molecule has 6 heteroatoms. The number of fused-ring (bicyclic) bond motifs is 1. The third-order valence-electron chi connectivity index (χ3n) is 4.87. The van der Waals surface area contributed by atoms with Gasteiger partial charge in [0.25, 0.3) is 5.91 Å². The number of thiazole rings is 1. The Bertz CT molecular complexity index is 987. The van der Waals surface area contributed by atoms with E-state index in [4.69, 9.17) is 9.47 Å². The fraction of sp³-hybridized carbons (Fsp3) is 0.304. The minimum atomic E-state index is -0.476. The third kappa shape index (κ3) is 4.43. The van der Waals surface area contributed by atoms with Gasteiger partial charge in [0.15, 0.2) is 6.10 Å². The number of aryl methyl sites for hydroxylation is 1. The SMILES string of the molecule is Cc1nc(-c2ccc3c(c2)N(CCCCOc2ccccc2)C(=O)C(C)O3)cs1. The Hall–Kier alpha value is -2.86. The van der Waals surface area contributed by atoms with Gasteiger partial charge in [0, 0.05) is 17.5 Å². The molecule has 0 radical (unpaired) electrons. The molecule has 0 bridgehead atoms. The lowest BCUT2D eigenvalue weighted by Crippen LogP contribution is -2.45. The van der Waals surface area contributed by atoms with Crippen molar-refractivity contribution in [3.8, 4) is 22.8 Å². The van der Waals surface area contributed by atoms with E-state index < -0.39 is 6.10 Å². The Morgan fingerprint density at radius 3 is 2.76 bits per heavy atom. The van der Waals surface area contributed by atoms with Crippen LogP contribution in [-0.4, -0.2) is 30.1 Å². The van der Waals surface area contributed by atoms with E-state index in [1.54, 1.807) is 18.3 Å². The Morgan fingerprint density at radius 2 is 2.00 bits per heavy atom. The first-order valence-corrected chi connectivity index (χ1v) is 10.7. The van der Waals surface area contributed by atoms with Gasteiger partial charge in [-0.15, -0.1) is 11.3 Å². The molecule has 1 unspecified atom stereocenters. The average Bonchev–Trinajstić information content (AvgIpc) is 3.17. The summed E-state index contributed by atoms with van der Waals surface area (Å²) < 4.78 is 11.6. The van der Waals surface area contributed by atoms with Crippen LogP contribution in [0.4, 0.5) is 5.69 Å². The molecule has 0 saturated carbocycles. The topological polar surface area (TPSA) is 51.7 Å². The molecule has 5 nitrogen and oxygen atoms in total. The molecule has 150 valence electrons. The summed E-state index contributed by atoms with van der Waals surface area (Å²) in [5.74, 6) is 1.61. The second-order valence-corrected chi connectivity index (χ2v) is 8.12. The van der Waals surface area contributed by atoms with E-state index in [2.05, 4.69) is 4.98 Å². The minimum Gasteiger partial charge on any atom is -0.494 e. The number of hydrogen-bond donors (Lipinski definition) is 0. The fourth-order valence-electron chi connectivity index (χ4n) is 3.37. The molecule has 0 aliphatic carbocycles. The first-order chi connectivity index (χ1) is 14.1. The number of benzene rings is 2. The Balaban J connectivity index is 1.44. The number of nitrogens with zero attached hydrogens (tertiary/aromatic N) is 2. The van der Waals surface area contributed by atoms with E-state index >= 15 is 0 Å². The molecule has 1 amide bonds. The zero-order chi connectivity index (χ0) is 20.2. The van der Waals surface area contributed by atoms with Crippen molar-refractivity contribution in [1.82, 2.24) is 4.98 Å². The minimum absolute atomic E-state index is 0.00640. The van der Waals surface area contributed by atoms with Crippen molar-refractivity contribution in [1.29, 1.82) is 0 Å². The van der Waals surface area contributed by atoms with Gasteiger partial charge < -0.3 is 14.4 Å². The second-order valence-electron chi connectivity index (χ2n) is 7.05. The molecule has 0 spiro atoms. The zero-order valence-corrected chi connectivity index (χ0v) is 17.4. The number of aromatic nitrogens is 1. The number of carbonyl (C=O) groups excluding carboxylic acids is 1. The highest BCUT2D eigenvalue weighted by Crippen LogP contribution is 2.37.